The van der Waals surface area contributed by atoms with Crippen LogP contribution >= 0.6 is 23.4 Å². The lowest BCUT2D eigenvalue weighted by Crippen LogP contribution is -2.30. The molecule has 0 aliphatic rings. The number of hydrogen-bond donors (Lipinski definition) is 3. The van der Waals surface area contributed by atoms with Crippen LogP contribution < -0.4 is 16.0 Å². The molecule has 0 aliphatic heterocycles. The van der Waals surface area contributed by atoms with Crippen molar-refractivity contribution in [2.24, 2.45) is 0 Å². The second-order valence-corrected chi connectivity index (χ2v) is 11.1. The van der Waals surface area contributed by atoms with E-state index in [1.165, 1.54) is 24.3 Å². The highest BCUT2D eigenvalue weighted by atomic mass is 35.5. The summed E-state index contributed by atoms with van der Waals surface area (Å²) in [5.74, 6) is -1.70. The van der Waals surface area contributed by atoms with Crippen LogP contribution in [0.5, 0.6) is 0 Å². The number of alkyl halides is 3. The van der Waals surface area contributed by atoms with Crippen LogP contribution in [0.15, 0.2) is 114 Å². The monoisotopic (exact) mass is 637 g/mol. The minimum Gasteiger partial charge on any atom is -0.325 e. The fourth-order valence-electron chi connectivity index (χ4n) is 4.07. The van der Waals surface area contributed by atoms with Gasteiger partial charge in [0.15, 0.2) is 0 Å². The smallest absolute Gasteiger partial charge is 0.325 e. The Kier molecular flexibility index (Phi) is 10.9. The fourth-order valence-corrected chi connectivity index (χ4v) is 5.28. The molecule has 0 spiro atoms. The zero-order valence-corrected chi connectivity index (χ0v) is 24.9. The van der Waals surface area contributed by atoms with Gasteiger partial charge in [-0.15, -0.1) is 11.8 Å². The summed E-state index contributed by atoms with van der Waals surface area (Å²) in [5.41, 5.74) is -0.0689. The standard InChI is InChI=1S/C33H27ClF3N3O3S/c1-2-29(32(43)39-27-18-9-7-16-25(27)33(35,36)37)44-24-15-10-14-23(20-24)38-31(42)28(19-22-13-6-8-17-26(22)34)40-30(41)21-11-4-3-5-12-21/h3-20,29H,2H2,1H3,(H,38,42)(H,39,43)(H,40,41)/b28-19+. The molecular formula is C33H27ClF3N3O3S. The molecule has 0 heterocycles. The van der Waals surface area contributed by atoms with Gasteiger partial charge in [0.25, 0.3) is 11.8 Å². The summed E-state index contributed by atoms with van der Waals surface area (Å²) in [6.45, 7) is 1.75. The van der Waals surface area contributed by atoms with Crippen molar-refractivity contribution in [1.29, 1.82) is 0 Å². The van der Waals surface area contributed by atoms with Crippen molar-refractivity contribution >= 4 is 58.5 Å². The highest BCUT2D eigenvalue weighted by molar-refractivity contribution is 8.00. The average Bonchev–Trinajstić information content (AvgIpc) is 3.00. The number of para-hydroxylation sites is 1. The Morgan fingerprint density at radius 3 is 2.25 bits per heavy atom. The highest BCUT2D eigenvalue weighted by Gasteiger charge is 2.34. The summed E-state index contributed by atoms with van der Waals surface area (Å²) in [6, 6.07) is 26.7. The van der Waals surface area contributed by atoms with E-state index in [9.17, 15) is 27.6 Å². The van der Waals surface area contributed by atoms with Crippen molar-refractivity contribution in [3.8, 4) is 0 Å². The lowest BCUT2D eigenvalue weighted by Gasteiger charge is -2.18. The molecule has 0 saturated heterocycles. The number of benzene rings is 4. The summed E-state index contributed by atoms with van der Waals surface area (Å²) in [5, 5.41) is 7.47. The van der Waals surface area contributed by atoms with E-state index in [1.807, 2.05) is 0 Å². The third-order valence-corrected chi connectivity index (χ3v) is 7.96. The molecule has 4 aromatic rings. The summed E-state index contributed by atoms with van der Waals surface area (Å²) >= 11 is 7.44. The predicted octanol–water partition coefficient (Wildman–Crippen LogP) is 8.28. The lowest BCUT2D eigenvalue weighted by atomic mass is 10.1. The molecule has 3 N–H and O–H groups in total. The minimum atomic E-state index is -4.62. The van der Waals surface area contributed by atoms with E-state index < -0.39 is 34.7 Å². The average molecular weight is 638 g/mol. The number of halogens is 4. The molecule has 3 amide bonds. The second kappa shape index (κ2) is 14.8. The Hall–Kier alpha value is -4.54. The molecule has 44 heavy (non-hydrogen) atoms. The maximum Gasteiger partial charge on any atom is 0.418 e. The number of thioether (sulfide) groups is 1. The van der Waals surface area contributed by atoms with E-state index in [-0.39, 0.29) is 11.4 Å². The Labute approximate surface area is 261 Å². The second-order valence-electron chi connectivity index (χ2n) is 9.43. The SMILES string of the molecule is CCC(Sc1cccc(NC(=O)/C(=C\c2ccccc2Cl)NC(=O)c2ccccc2)c1)C(=O)Nc1ccccc1C(F)(F)F. The van der Waals surface area contributed by atoms with E-state index in [0.717, 1.165) is 17.8 Å². The molecule has 0 fully saturated rings. The van der Waals surface area contributed by atoms with Gasteiger partial charge >= 0.3 is 6.18 Å². The Morgan fingerprint density at radius 1 is 0.864 bits per heavy atom. The molecule has 1 atom stereocenters. The van der Waals surface area contributed by atoms with Gasteiger partial charge in [-0.1, -0.05) is 73.1 Å². The first-order valence-corrected chi connectivity index (χ1v) is 14.7. The van der Waals surface area contributed by atoms with Gasteiger partial charge in [0.1, 0.15) is 5.70 Å². The third-order valence-electron chi connectivity index (χ3n) is 6.26. The van der Waals surface area contributed by atoms with Crippen LogP contribution in [-0.4, -0.2) is 23.0 Å². The van der Waals surface area contributed by atoms with Crippen molar-refractivity contribution in [3.05, 3.63) is 131 Å². The number of carbonyl (C=O) groups is 3. The molecular weight excluding hydrogens is 611 g/mol. The zero-order valence-electron chi connectivity index (χ0n) is 23.3. The van der Waals surface area contributed by atoms with E-state index in [0.29, 0.717) is 33.2 Å². The first-order chi connectivity index (χ1) is 21.0. The normalized spacial score (nSPS) is 12.2. The van der Waals surface area contributed by atoms with Gasteiger partial charge in [-0.05, 0) is 66.6 Å². The maximum absolute atomic E-state index is 13.4. The first-order valence-electron chi connectivity index (χ1n) is 13.4. The van der Waals surface area contributed by atoms with Crippen molar-refractivity contribution in [3.63, 3.8) is 0 Å². The number of anilines is 2. The molecule has 226 valence electrons. The van der Waals surface area contributed by atoms with Crippen molar-refractivity contribution in [2.75, 3.05) is 10.6 Å². The highest BCUT2D eigenvalue weighted by Crippen LogP contribution is 2.35. The van der Waals surface area contributed by atoms with Gasteiger partial charge in [0.05, 0.1) is 16.5 Å². The van der Waals surface area contributed by atoms with Crippen LogP contribution in [0.2, 0.25) is 5.02 Å². The summed E-state index contributed by atoms with van der Waals surface area (Å²) in [7, 11) is 0. The summed E-state index contributed by atoms with van der Waals surface area (Å²) < 4.78 is 40.2. The van der Waals surface area contributed by atoms with Crippen molar-refractivity contribution in [1.82, 2.24) is 5.32 Å². The minimum absolute atomic E-state index is 0.0563. The van der Waals surface area contributed by atoms with Gasteiger partial charge in [0, 0.05) is 21.2 Å². The van der Waals surface area contributed by atoms with Crippen LogP contribution in [0.4, 0.5) is 24.5 Å². The van der Waals surface area contributed by atoms with Crippen LogP contribution in [-0.2, 0) is 15.8 Å². The van der Waals surface area contributed by atoms with Gasteiger partial charge in [-0.3, -0.25) is 14.4 Å². The summed E-state index contributed by atoms with van der Waals surface area (Å²) in [6.07, 6.45) is -2.82. The molecule has 4 aromatic carbocycles. The lowest BCUT2D eigenvalue weighted by molar-refractivity contribution is -0.137. The predicted molar refractivity (Wildman–Crippen MR) is 168 cm³/mol. The molecule has 0 aliphatic carbocycles. The van der Waals surface area contributed by atoms with Gasteiger partial charge in [-0.2, -0.15) is 13.2 Å². The zero-order chi connectivity index (χ0) is 31.7. The van der Waals surface area contributed by atoms with E-state index >= 15 is 0 Å². The quantitative estimate of drug-likeness (QED) is 0.121. The van der Waals surface area contributed by atoms with Crippen LogP contribution in [0.25, 0.3) is 6.08 Å². The molecule has 11 heteroatoms. The number of nitrogens with one attached hydrogen (secondary N) is 3. The van der Waals surface area contributed by atoms with Gasteiger partial charge < -0.3 is 16.0 Å². The number of amides is 3. The number of hydrogen-bond acceptors (Lipinski definition) is 4. The molecule has 6 nitrogen and oxygen atoms in total. The molecule has 0 saturated carbocycles. The maximum atomic E-state index is 13.4. The van der Waals surface area contributed by atoms with Crippen LogP contribution in [0, 0.1) is 0 Å². The van der Waals surface area contributed by atoms with Crippen molar-refractivity contribution < 1.29 is 27.6 Å². The topological polar surface area (TPSA) is 87.3 Å². The number of rotatable bonds is 10. The Bertz CT molecular complexity index is 1680. The fraction of sp³-hybridized carbons (Fsp3) is 0.121. The van der Waals surface area contributed by atoms with Crippen LogP contribution in [0.3, 0.4) is 0 Å². The van der Waals surface area contributed by atoms with E-state index in [1.54, 1.807) is 85.8 Å². The largest absolute Gasteiger partial charge is 0.418 e. The molecule has 0 aromatic heterocycles. The third kappa shape index (κ3) is 8.75. The van der Waals surface area contributed by atoms with Crippen LogP contribution in [0.1, 0.15) is 34.8 Å². The molecule has 1 unspecified atom stereocenters. The first kappa shape index (κ1) is 32.4. The van der Waals surface area contributed by atoms with E-state index in [4.69, 9.17) is 11.6 Å². The molecule has 0 radical (unpaired) electrons. The van der Waals surface area contributed by atoms with Gasteiger partial charge in [0.2, 0.25) is 5.91 Å². The van der Waals surface area contributed by atoms with Crippen molar-refractivity contribution in [2.45, 2.75) is 29.7 Å². The molecule has 0 bridgehead atoms. The summed E-state index contributed by atoms with van der Waals surface area (Å²) in [4.78, 5) is 39.9. The van der Waals surface area contributed by atoms with E-state index in [2.05, 4.69) is 16.0 Å². The molecule has 4 rings (SSSR count). The Balaban J connectivity index is 1.51. The number of carbonyl (C=O) groups excluding carboxylic acids is 3. The Morgan fingerprint density at radius 2 is 1.55 bits per heavy atom. The van der Waals surface area contributed by atoms with Gasteiger partial charge in [-0.25, -0.2) is 0 Å².